The standard InChI is InChI=1S/C24H22ClN3O4S2/c1-3-4-5-10-27-21(30)17(12-26)14(2)20(23(27)32)18(29)13-28-22(31)19(34-24(28)33)11-15-6-8-16(25)9-7-15/h6-9,11,32H,3-5,10,13H2,1-2H3/b19-11-. The highest BCUT2D eigenvalue weighted by Crippen LogP contribution is 2.33. The van der Waals surface area contributed by atoms with Gasteiger partial charge in [-0.05, 0) is 42.7 Å². The number of rotatable bonds is 8. The van der Waals surface area contributed by atoms with Crippen LogP contribution in [-0.2, 0) is 11.3 Å². The number of Topliss-reactive ketones (excluding diaryl/α,β-unsaturated/α-hetero) is 1. The summed E-state index contributed by atoms with van der Waals surface area (Å²) in [6, 6.07) is 8.75. The zero-order valence-electron chi connectivity index (χ0n) is 18.6. The molecule has 0 radical (unpaired) electrons. The van der Waals surface area contributed by atoms with E-state index in [1.165, 1.54) is 6.92 Å². The van der Waals surface area contributed by atoms with Gasteiger partial charge in [0, 0.05) is 11.6 Å². The Bertz CT molecular complexity index is 1290. The number of aromatic hydroxyl groups is 1. The van der Waals surface area contributed by atoms with Crippen molar-refractivity contribution in [1.82, 2.24) is 9.47 Å². The second-order valence-electron chi connectivity index (χ2n) is 7.72. The molecule has 0 atom stereocenters. The molecule has 0 saturated carbocycles. The van der Waals surface area contributed by atoms with Crippen LogP contribution in [0, 0.1) is 18.3 Å². The van der Waals surface area contributed by atoms with Crippen LogP contribution in [-0.4, -0.2) is 37.1 Å². The molecule has 1 fully saturated rings. The van der Waals surface area contributed by atoms with Crippen LogP contribution in [0.1, 0.15) is 53.2 Å². The van der Waals surface area contributed by atoms with Crippen molar-refractivity contribution < 1.29 is 14.7 Å². The van der Waals surface area contributed by atoms with E-state index in [9.17, 15) is 24.8 Å². The molecule has 0 aliphatic carbocycles. The lowest BCUT2D eigenvalue weighted by Crippen LogP contribution is -2.35. The molecule has 0 bridgehead atoms. The van der Waals surface area contributed by atoms with Gasteiger partial charge in [0.15, 0.2) is 5.78 Å². The first-order valence-electron chi connectivity index (χ1n) is 10.6. The normalized spacial score (nSPS) is 14.6. The molecule has 10 heteroatoms. The number of benzene rings is 1. The second kappa shape index (κ2) is 11.0. The average molecular weight is 516 g/mol. The van der Waals surface area contributed by atoms with E-state index in [4.69, 9.17) is 23.8 Å². The molecule has 176 valence electrons. The highest BCUT2D eigenvalue weighted by molar-refractivity contribution is 8.26. The van der Waals surface area contributed by atoms with Gasteiger partial charge < -0.3 is 5.11 Å². The van der Waals surface area contributed by atoms with Gasteiger partial charge in [-0.1, -0.05) is 67.5 Å². The molecule has 1 aliphatic rings. The first-order valence-corrected chi connectivity index (χ1v) is 12.2. The van der Waals surface area contributed by atoms with Crippen LogP contribution < -0.4 is 5.56 Å². The largest absolute Gasteiger partial charge is 0.494 e. The van der Waals surface area contributed by atoms with Gasteiger partial charge in [-0.3, -0.25) is 23.9 Å². The number of nitrogens with zero attached hydrogens (tertiary/aromatic N) is 3. The molecule has 0 unspecified atom stereocenters. The first-order chi connectivity index (χ1) is 16.2. The Labute approximate surface area is 211 Å². The number of aromatic nitrogens is 1. The van der Waals surface area contributed by atoms with Gasteiger partial charge in [0.2, 0.25) is 5.88 Å². The summed E-state index contributed by atoms with van der Waals surface area (Å²) in [5.74, 6) is -1.54. The molecular weight excluding hydrogens is 494 g/mol. The van der Waals surface area contributed by atoms with Crippen LogP contribution in [0.4, 0.5) is 0 Å². The Morgan fingerprint density at radius 1 is 1.26 bits per heavy atom. The fourth-order valence-electron chi connectivity index (χ4n) is 3.58. The maximum Gasteiger partial charge on any atom is 0.271 e. The summed E-state index contributed by atoms with van der Waals surface area (Å²) in [6.07, 6.45) is 3.98. The maximum atomic E-state index is 13.2. The molecule has 1 saturated heterocycles. The molecule has 2 aromatic rings. The van der Waals surface area contributed by atoms with Crippen LogP contribution in [0.15, 0.2) is 34.0 Å². The molecule has 1 N–H and O–H groups in total. The fourth-order valence-corrected chi connectivity index (χ4v) is 4.96. The third-order valence-electron chi connectivity index (χ3n) is 5.41. The lowest BCUT2D eigenvalue weighted by molar-refractivity contribution is -0.121. The van der Waals surface area contributed by atoms with Crippen molar-refractivity contribution in [2.24, 2.45) is 0 Å². The van der Waals surface area contributed by atoms with Crippen molar-refractivity contribution in [3.63, 3.8) is 0 Å². The van der Waals surface area contributed by atoms with E-state index in [2.05, 4.69) is 0 Å². The summed E-state index contributed by atoms with van der Waals surface area (Å²) in [4.78, 5) is 40.3. The third-order valence-corrected chi connectivity index (χ3v) is 7.04. The van der Waals surface area contributed by atoms with E-state index in [0.29, 0.717) is 16.3 Å². The molecule has 2 heterocycles. The quantitative estimate of drug-likeness (QED) is 0.236. The van der Waals surface area contributed by atoms with Crippen molar-refractivity contribution >= 4 is 57.7 Å². The Hall–Kier alpha value is -2.93. The van der Waals surface area contributed by atoms with E-state index < -0.39 is 29.7 Å². The molecule has 1 aromatic carbocycles. The number of unbranched alkanes of at least 4 members (excludes halogenated alkanes) is 2. The van der Waals surface area contributed by atoms with E-state index in [1.807, 2.05) is 13.0 Å². The molecule has 1 aromatic heterocycles. The summed E-state index contributed by atoms with van der Waals surface area (Å²) in [7, 11) is 0. The summed E-state index contributed by atoms with van der Waals surface area (Å²) in [5.41, 5.74) is -0.151. The Balaban J connectivity index is 1.91. The average Bonchev–Trinajstić information content (AvgIpc) is 3.05. The Morgan fingerprint density at radius 2 is 1.94 bits per heavy atom. The number of carbonyl (C=O) groups is 2. The van der Waals surface area contributed by atoms with Crippen molar-refractivity contribution in [3.05, 3.63) is 66.8 Å². The van der Waals surface area contributed by atoms with Gasteiger partial charge in [-0.25, -0.2) is 0 Å². The fraction of sp³-hybridized carbons (Fsp3) is 0.292. The van der Waals surface area contributed by atoms with Crippen LogP contribution in [0.3, 0.4) is 0 Å². The predicted molar refractivity (Wildman–Crippen MR) is 137 cm³/mol. The summed E-state index contributed by atoms with van der Waals surface area (Å²) >= 11 is 12.3. The number of carbonyl (C=O) groups excluding carboxylic acids is 2. The van der Waals surface area contributed by atoms with E-state index >= 15 is 0 Å². The molecular formula is C24H22ClN3O4S2. The van der Waals surface area contributed by atoms with Gasteiger partial charge in [-0.15, -0.1) is 0 Å². The van der Waals surface area contributed by atoms with E-state index in [1.54, 1.807) is 30.3 Å². The molecule has 1 amide bonds. The SMILES string of the molecule is CCCCCn1c(O)c(C(=O)CN2C(=O)/C(=C/c3ccc(Cl)cc3)SC2=S)c(C)c(C#N)c1=O. The number of thiocarbonyl (C=S) groups is 1. The lowest BCUT2D eigenvalue weighted by atomic mass is 10.0. The van der Waals surface area contributed by atoms with Crippen LogP contribution in [0.25, 0.3) is 6.08 Å². The van der Waals surface area contributed by atoms with Gasteiger partial charge in [0.1, 0.15) is 16.0 Å². The minimum Gasteiger partial charge on any atom is -0.494 e. The number of thioether (sulfide) groups is 1. The smallest absolute Gasteiger partial charge is 0.271 e. The number of pyridine rings is 1. The van der Waals surface area contributed by atoms with E-state index in [0.717, 1.165) is 39.6 Å². The minimum atomic E-state index is -0.637. The number of hydrogen-bond acceptors (Lipinski definition) is 7. The zero-order chi connectivity index (χ0) is 25.0. The lowest BCUT2D eigenvalue weighted by Gasteiger charge is -2.18. The number of hydrogen-bond donors (Lipinski definition) is 1. The second-order valence-corrected chi connectivity index (χ2v) is 9.83. The van der Waals surface area contributed by atoms with Crippen LogP contribution >= 0.6 is 35.6 Å². The number of nitriles is 1. The molecule has 7 nitrogen and oxygen atoms in total. The highest BCUT2D eigenvalue weighted by Gasteiger charge is 2.35. The number of amides is 1. The monoisotopic (exact) mass is 515 g/mol. The van der Waals surface area contributed by atoms with Crippen LogP contribution in [0.2, 0.25) is 5.02 Å². The van der Waals surface area contributed by atoms with Crippen molar-refractivity contribution in [1.29, 1.82) is 5.26 Å². The van der Waals surface area contributed by atoms with Gasteiger partial charge in [0.25, 0.3) is 11.5 Å². The maximum absolute atomic E-state index is 13.2. The Morgan fingerprint density at radius 3 is 2.56 bits per heavy atom. The number of halogens is 1. The third kappa shape index (κ3) is 5.25. The topological polar surface area (TPSA) is 103 Å². The molecule has 34 heavy (non-hydrogen) atoms. The van der Waals surface area contributed by atoms with Gasteiger partial charge in [-0.2, -0.15) is 5.26 Å². The predicted octanol–water partition coefficient (Wildman–Crippen LogP) is 4.66. The minimum absolute atomic E-state index is 0.0869. The number of ketones is 1. The molecule has 1 aliphatic heterocycles. The Kier molecular flexibility index (Phi) is 8.31. The van der Waals surface area contributed by atoms with Crippen molar-refractivity contribution in [2.45, 2.75) is 39.7 Å². The summed E-state index contributed by atoms with van der Waals surface area (Å²) < 4.78 is 1.26. The summed E-state index contributed by atoms with van der Waals surface area (Å²) in [6.45, 7) is 3.19. The van der Waals surface area contributed by atoms with Crippen LogP contribution in [0.5, 0.6) is 5.88 Å². The van der Waals surface area contributed by atoms with Crippen molar-refractivity contribution in [2.75, 3.05) is 6.54 Å². The highest BCUT2D eigenvalue weighted by atomic mass is 35.5. The van der Waals surface area contributed by atoms with Gasteiger partial charge in [0.05, 0.1) is 17.0 Å². The first kappa shape index (κ1) is 25.7. The zero-order valence-corrected chi connectivity index (χ0v) is 21.0. The molecule has 0 spiro atoms. The van der Waals surface area contributed by atoms with Crippen molar-refractivity contribution in [3.8, 4) is 11.9 Å². The van der Waals surface area contributed by atoms with Gasteiger partial charge >= 0.3 is 0 Å². The van der Waals surface area contributed by atoms with E-state index in [-0.39, 0.29) is 27.6 Å². The summed E-state index contributed by atoms with van der Waals surface area (Å²) in [5, 5.41) is 20.8. The molecule has 3 rings (SSSR count).